The summed E-state index contributed by atoms with van der Waals surface area (Å²) in [7, 11) is 3.10. The summed E-state index contributed by atoms with van der Waals surface area (Å²) in [5, 5.41) is 3.45. The summed E-state index contributed by atoms with van der Waals surface area (Å²) >= 11 is 0. The summed E-state index contributed by atoms with van der Waals surface area (Å²) in [6.45, 7) is 2.91. The van der Waals surface area contributed by atoms with E-state index in [-0.39, 0.29) is 12.0 Å². The molecule has 0 aliphatic carbocycles. The molecule has 4 nitrogen and oxygen atoms in total. The van der Waals surface area contributed by atoms with Gasteiger partial charge in [-0.1, -0.05) is 25.1 Å². The summed E-state index contributed by atoms with van der Waals surface area (Å²) in [5.41, 5.74) is 1.16. The Kier molecular flexibility index (Phi) is 6.97. The third-order valence-corrected chi connectivity index (χ3v) is 3.10. The second-order valence-electron chi connectivity index (χ2n) is 4.34. The first-order valence-corrected chi connectivity index (χ1v) is 6.66. The molecule has 1 rings (SSSR count). The molecule has 0 radical (unpaired) electrons. The molecule has 0 aliphatic rings. The zero-order valence-corrected chi connectivity index (χ0v) is 11.9. The Balaban J connectivity index is 2.51. The number of para-hydroxylation sites is 1. The van der Waals surface area contributed by atoms with Crippen molar-refractivity contribution < 1.29 is 14.3 Å². The van der Waals surface area contributed by atoms with Crippen molar-refractivity contribution >= 4 is 5.97 Å². The Morgan fingerprint density at radius 3 is 2.68 bits per heavy atom. The fraction of sp³-hybridized carbons (Fsp3) is 0.533. The largest absolute Gasteiger partial charge is 0.496 e. The van der Waals surface area contributed by atoms with Crippen LogP contribution in [0.1, 0.15) is 37.8 Å². The van der Waals surface area contributed by atoms with E-state index in [1.807, 2.05) is 18.2 Å². The van der Waals surface area contributed by atoms with E-state index in [0.717, 1.165) is 30.7 Å². The van der Waals surface area contributed by atoms with E-state index < -0.39 is 0 Å². The zero-order chi connectivity index (χ0) is 14.1. The maximum Gasteiger partial charge on any atom is 0.305 e. The van der Waals surface area contributed by atoms with E-state index in [0.29, 0.717) is 6.42 Å². The van der Waals surface area contributed by atoms with E-state index >= 15 is 0 Å². The summed E-state index contributed by atoms with van der Waals surface area (Å²) in [4.78, 5) is 11.0. The van der Waals surface area contributed by atoms with Gasteiger partial charge in [-0.05, 0) is 25.5 Å². The van der Waals surface area contributed by atoms with Gasteiger partial charge in [0, 0.05) is 18.0 Å². The number of hydrogen-bond acceptors (Lipinski definition) is 4. The van der Waals surface area contributed by atoms with Gasteiger partial charge in [-0.25, -0.2) is 0 Å². The number of esters is 1. The van der Waals surface area contributed by atoms with Gasteiger partial charge in [0.25, 0.3) is 0 Å². The molecule has 0 spiro atoms. The number of benzene rings is 1. The Hall–Kier alpha value is -1.55. The van der Waals surface area contributed by atoms with E-state index in [4.69, 9.17) is 4.74 Å². The van der Waals surface area contributed by atoms with Crippen LogP contribution in [0.15, 0.2) is 24.3 Å². The second-order valence-corrected chi connectivity index (χ2v) is 4.34. The quantitative estimate of drug-likeness (QED) is 0.580. The molecule has 1 unspecified atom stereocenters. The van der Waals surface area contributed by atoms with Crippen LogP contribution in [-0.2, 0) is 9.53 Å². The minimum atomic E-state index is -0.160. The standard InChI is InChI=1S/C15H23NO3/c1-4-13(16-11-7-10-15(17)19-3)12-8-5-6-9-14(12)18-2/h5-6,8-9,13,16H,4,7,10-11H2,1-3H3. The maximum absolute atomic E-state index is 11.0. The molecule has 0 aliphatic heterocycles. The van der Waals surface area contributed by atoms with Crippen molar-refractivity contribution in [3.63, 3.8) is 0 Å². The van der Waals surface area contributed by atoms with Crippen LogP contribution < -0.4 is 10.1 Å². The molecule has 19 heavy (non-hydrogen) atoms. The van der Waals surface area contributed by atoms with Gasteiger partial charge in [0.1, 0.15) is 5.75 Å². The summed E-state index contributed by atoms with van der Waals surface area (Å²) in [6, 6.07) is 8.26. The Bertz CT molecular complexity index is 393. The van der Waals surface area contributed by atoms with Crippen LogP contribution in [-0.4, -0.2) is 26.7 Å². The van der Waals surface area contributed by atoms with Crippen molar-refractivity contribution in [1.82, 2.24) is 5.32 Å². The first-order valence-electron chi connectivity index (χ1n) is 6.66. The van der Waals surface area contributed by atoms with Crippen molar-refractivity contribution in [3.05, 3.63) is 29.8 Å². The lowest BCUT2D eigenvalue weighted by Crippen LogP contribution is -2.23. The third-order valence-electron chi connectivity index (χ3n) is 3.10. The summed E-state index contributed by atoms with van der Waals surface area (Å²) in [5.74, 6) is 0.738. The highest BCUT2D eigenvalue weighted by Crippen LogP contribution is 2.26. The molecule has 4 heteroatoms. The molecule has 0 saturated heterocycles. The lowest BCUT2D eigenvalue weighted by atomic mass is 10.0. The predicted molar refractivity (Wildman–Crippen MR) is 75.3 cm³/mol. The van der Waals surface area contributed by atoms with E-state index in [1.54, 1.807) is 7.11 Å². The van der Waals surface area contributed by atoms with Crippen molar-refractivity contribution in [2.75, 3.05) is 20.8 Å². The van der Waals surface area contributed by atoms with Crippen molar-refractivity contribution in [1.29, 1.82) is 0 Å². The summed E-state index contributed by atoms with van der Waals surface area (Å²) in [6.07, 6.45) is 2.20. The Morgan fingerprint density at radius 2 is 2.05 bits per heavy atom. The highest BCUT2D eigenvalue weighted by atomic mass is 16.5. The summed E-state index contributed by atoms with van der Waals surface area (Å²) < 4.78 is 9.99. The lowest BCUT2D eigenvalue weighted by molar-refractivity contribution is -0.140. The highest BCUT2D eigenvalue weighted by Gasteiger charge is 2.13. The molecule has 0 aromatic heterocycles. The first-order chi connectivity index (χ1) is 9.22. The third kappa shape index (κ3) is 4.91. The van der Waals surface area contributed by atoms with Crippen LogP contribution in [0.2, 0.25) is 0 Å². The normalized spacial score (nSPS) is 11.9. The van der Waals surface area contributed by atoms with Gasteiger partial charge in [-0.3, -0.25) is 4.79 Å². The Morgan fingerprint density at radius 1 is 1.32 bits per heavy atom. The van der Waals surface area contributed by atoms with Gasteiger partial charge in [-0.15, -0.1) is 0 Å². The number of rotatable bonds is 8. The average molecular weight is 265 g/mol. The van der Waals surface area contributed by atoms with Crippen LogP contribution >= 0.6 is 0 Å². The van der Waals surface area contributed by atoms with Crippen LogP contribution in [0.3, 0.4) is 0 Å². The van der Waals surface area contributed by atoms with Crippen molar-refractivity contribution in [3.8, 4) is 5.75 Å². The number of hydrogen-bond donors (Lipinski definition) is 1. The monoisotopic (exact) mass is 265 g/mol. The molecule has 0 fully saturated rings. The number of carbonyl (C=O) groups is 1. The van der Waals surface area contributed by atoms with Gasteiger partial charge in [0.15, 0.2) is 0 Å². The second kappa shape index (κ2) is 8.53. The number of ether oxygens (including phenoxy) is 2. The van der Waals surface area contributed by atoms with Gasteiger partial charge >= 0.3 is 5.97 Å². The molecule has 0 bridgehead atoms. The fourth-order valence-corrected chi connectivity index (χ4v) is 2.04. The lowest BCUT2D eigenvalue weighted by Gasteiger charge is -2.19. The van der Waals surface area contributed by atoms with Crippen LogP contribution in [0.5, 0.6) is 5.75 Å². The molecule has 0 amide bonds. The topological polar surface area (TPSA) is 47.6 Å². The van der Waals surface area contributed by atoms with Crippen LogP contribution in [0.4, 0.5) is 0 Å². The van der Waals surface area contributed by atoms with E-state index in [9.17, 15) is 4.79 Å². The average Bonchev–Trinajstić information content (AvgIpc) is 2.47. The van der Waals surface area contributed by atoms with Gasteiger partial charge in [-0.2, -0.15) is 0 Å². The SMILES string of the molecule is CCC(NCCCC(=O)OC)c1ccccc1OC. The smallest absolute Gasteiger partial charge is 0.305 e. The first kappa shape index (κ1) is 15.5. The van der Waals surface area contributed by atoms with Gasteiger partial charge in [0.2, 0.25) is 0 Å². The van der Waals surface area contributed by atoms with E-state index in [2.05, 4.69) is 23.0 Å². The van der Waals surface area contributed by atoms with Gasteiger partial charge < -0.3 is 14.8 Å². The minimum absolute atomic E-state index is 0.160. The Labute approximate surface area is 115 Å². The molecule has 0 heterocycles. The van der Waals surface area contributed by atoms with Crippen molar-refractivity contribution in [2.24, 2.45) is 0 Å². The molecule has 106 valence electrons. The molecule has 0 saturated carbocycles. The predicted octanol–water partition coefficient (Wildman–Crippen LogP) is 2.69. The fourth-order valence-electron chi connectivity index (χ4n) is 2.04. The number of carbonyl (C=O) groups excluding carboxylic acids is 1. The number of methoxy groups -OCH3 is 2. The van der Waals surface area contributed by atoms with Crippen molar-refractivity contribution in [2.45, 2.75) is 32.2 Å². The molecule has 1 aromatic carbocycles. The molecule has 1 atom stereocenters. The van der Waals surface area contributed by atoms with Crippen LogP contribution in [0, 0.1) is 0 Å². The van der Waals surface area contributed by atoms with Crippen LogP contribution in [0.25, 0.3) is 0 Å². The molecular weight excluding hydrogens is 242 g/mol. The minimum Gasteiger partial charge on any atom is -0.496 e. The molecular formula is C15H23NO3. The zero-order valence-electron chi connectivity index (χ0n) is 11.9. The molecule has 1 N–H and O–H groups in total. The maximum atomic E-state index is 11.0. The van der Waals surface area contributed by atoms with E-state index in [1.165, 1.54) is 7.11 Å². The number of nitrogens with one attached hydrogen (secondary N) is 1. The van der Waals surface area contributed by atoms with Gasteiger partial charge in [0.05, 0.1) is 14.2 Å². The highest BCUT2D eigenvalue weighted by molar-refractivity contribution is 5.69. The molecule has 1 aromatic rings.